The number of carboxylic acid groups (broad SMARTS) is 1. The molecule has 0 amide bonds. The fraction of sp³-hybridized carbons (Fsp3) is 0.462. The van der Waals surface area contributed by atoms with Crippen LogP contribution >= 0.6 is 0 Å². The third-order valence-corrected chi connectivity index (χ3v) is 3.67. The van der Waals surface area contributed by atoms with Crippen LogP contribution in [0.5, 0.6) is 0 Å². The maximum absolute atomic E-state index is 10.9. The standard InChI is InChI=1S/C13H18N2O2/c14-7-10-3-1-2-9-4-13(8-15,5-11(9)10)6-12(16)17/h1-3H,4-8,14-15H2,(H,16,17). The predicted octanol–water partition coefficient (Wildman–Crippen LogP) is 0.664. The lowest BCUT2D eigenvalue weighted by Gasteiger charge is -2.24. The van der Waals surface area contributed by atoms with Gasteiger partial charge in [0.15, 0.2) is 0 Å². The molecule has 1 aliphatic rings. The van der Waals surface area contributed by atoms with Gasteiger partial charge in [0.25, 0.3) is 0 Å². The van der Waals surface area contributed by atoms with Gasteiger partial charge in [-0.25, -0.2) is 0 Å². The molecule has 1 aromatic carbocycles. The van der Waals surface area contributed by atoms with Gasteiger partial charge < -0.3 is 16.6 Å². The summed E-state index contributed by atoms with van der Waals surface area (Å²) in [5.41, 5.74) is 14.7. The van der Waals surface area contributed by atoms with E-state index in [0.717, 1.165) is 18.4 Å². The number of benzene rings is 1. The Morgan fingerprint density at radius 3 is 2.71 bits per heavy atom. The summed E-state index contributed by atoms with van der Waals surface area (Å²) in [6, 6.07) is 6.04. The molecule has 0 heterocycles. The van der Waals surface area contributed by atoms with E-state index in [-0.39, 0.29) is 11.8 Å². The first-order chi connectivity index (χ1) is 8.10. The van der Waals surface area contributed by atoms with E-state index in [0.29, 0.717) is 13.1 Å². The van der Waals surface area contributed by atoms with Crippen LogP contribution in [0.15, 0.2) is 18.2 Å². The molecule has 0 aliphatic heterocycles. The smallest absolute Gasteiger partial charge is 0.303 e. The number of hydrogen-bond acceptors (Lipinski definition) is 3. The zero-order valence-electron chi connectivity index (χ0n) is 9.78. The van der Waals surface area contributed by atoms with Crippen LogP contribution in [0.25, 0.3) is 0 Å². The van der Waals surface area contributed by atoms with Crippen molar-refractivity contribution in [3.8, 4) is 0 Å². The number of aliphatic carboxylic acids is 1. The Hall–Kier alpha value is -1.39. The summed E-state index contributed by atoms with van der Waals surface area (Å²) in [5, 5.41) is 9.00. The molecule has 2 rings (SSSR count). The van der Waals surface area contributed by atoms with Gasteiger partial charge in [-0.2, -0.15) is 0 Å². The van der Waals surface area contributed by atoms with E-state index in [1.807, 2.05) is 18.2 Å². The van der Waals surface area contributed by atoms with Gasteiger partial charge in [-0.1, -0.05) is 18.2 Å². The second-order valence-electron chi connectivity index (χ2n) is 4.89. The zero-order chi connectivity index (χ0) is 12.5. The molecule has 5 N–H and O–H groups in total. The molecule has 4 heteroatoms. The molecule has 1 aromatic rings. The van der Waals surface area contributed by atoms with Crippen molar-refractivity contribution < 1.29 is 9.90 Å². The normalized spacial score (nSPS) is 22.5. The minimum Gasteiger partial charge on any atom is -0.481 e. The lowest BCUT2D eigenvalue weighted by atomic mass is 9.81. The van der Waals surface area contributed by atoms with Crippen LogP contribution in [0, 0.1) is 5.41 Å². The number of fused-ring (bicyclic) bond motifs is 1. The van der Waals surface area contributed by atoms with Crippen LogP contribution in [0.2, 0.25) is 0 Å². The van der Waals surface area contributed by atoms with Crippen molar-refractivity contribution in [1.82, 2.24) is 0 Å². The summed E-state index contributed by atoms with van der Waals surface area (Å²) in [7, 11) is 0. The highest BCUT2D eigenvalue weighted by atomic mass is 16.4. The van der Waals surface area contributed by atoms with E-state index in [4.69, 9.17) is 16.6 Å². The topological polar surface area (TPSA) is 89.3 Å². The molecular weight excluding hydrogens is 216 g/mol. The van der Waals surface area contributed by atoms with Crippen LogP contribution in [0.4, 0.5) is 0 Å². The van der Waals surface area contributed by atoms with Gasteiger partial charge in [-0.05, 0) is 36.1 Å². The zero-order valence-corrected chi connectivity index (χ0v) is 9.78. The summed E-state index contributed by atoms with van der Waals surface area (Å²) in [4.78, 5) is 10.9. The van der Waals surface area contributed by atoms with Crippen LogP contribution in [0.3, 0.4) is 0 Å². The van der Waals surface area contributed by atoms with Gasteiger partial charge in [0.2, 0.25) is 0 Å². The fourth-order valence-corrected chi connectivity index (χ4v) is 2.78. The lowest BCUT2D eigenvalue weighted by Crippen LogP contribution is -2.33. The molecule has 0 radical (unpaired) electrons. The first-order valence-electron chi connectivity index (χ1n) is 5.82. The average Bonchev–Trinajstić information content (AvgIpc) is 2.66. The third-order valence-electron chi connectivity index (χ3n) is 3.67. The molecule has 0 fully saturated rings. The number of nitrogens with two attached hydrogens (primary N) is 2. The quantitative estimate of drug-likeness (QED) is 0.714. The summed E-state index contributed by atoms with van der Waals surface area (Å²) < 4.78 is 0. The van der Waals surface area contributed by atoms with E-state index in [9.17, 15) is 4.79 Å². The van der Waals surface area contributed by atoms with Crippen molar-refractivity contribution in [3.63, 3.8) is 0 Å². The fourth-order valence-electron chi connectivity index (χ4n) is 2.78. The van der Waals surface area contributed by atoms with Crippen molar-refractivity contribution in [2.45, 2.75) is 25.8 Å². The van der Waals surface area contributed by atoms with Gasteiger partial charge in [-0.15, -0.1) is 0 Å². The molecule has 4 nitrogen and oxygen atoms in total. The largest absolute Gasteiger partial charge is 0.481 e. The van der Waals surface area contributed by atoms with Crippen molar-refractivity contribution in [1.29, 1.82) is 0 Å². The van der Waals surface area contributed by atoms with E-state index in [1.54, 1.807) is 0 Å². The Balaban J connectivity index is 2.33. The highest BCUT2D eigenvalue weighted by molar-refractivity contribution is 5.68. The molecular formula is C13H18N2O2. The second-order valence-corrected chi connectivity index (χ2v) is 4.89. The molecule has 0 saturated heterocycles. The maximum Gasteiger partial charge on any atom is 0.303 e. The molecule has 1 unspecified atom stereocenters. The molecule has 92 valence electrons. The van der Waals surface area contributed by atoms with E-state index >= 15 is 0 Å². The first kappa shape index (κ1) is 12.1. The Morgan fingerprint density at radius 2 is 2.12 bits per heavy atom. The Bertz CT molecular complexity index is 445. The lowest BCUT2D eigenvalue weighted by molar-refractivity contribution is -0.139. The van der Waals surface area contributed by atoms with E-state index in [1.165, 1.54) is 11.1 Å². The number of hydrogen-bond donors (Lipinski definition) is 3. The van der Waals surface area contributed by atoms with Gasteiger partial charge >= 0.3 is 5.97 Å². The molecule has 0 bridgehead atoms. The predicted molar refractivity (Wildman–Crippen MR) is 65.5 cm³/mol. The molecule has 1 aliphatic carbocycles. The minimum atomic E-state index is -0.780. The molecule has 17 heavy (non-hydrogen) atoms. The highest BCUT2D eigenvalue weighted by Gasteiger charge is 2.38. The molecule has 0 aromatic heterocycles. The van der Waals surface area contributed by atoms with Crippen molar-refractivity contribution >= 4 is 5.97 Å². The van der Waals surface area contributed by atoms with Crippen LogP contribution in [-0.4, -0.2) is 17.6 Å². The summed E-state index contributed by atoms with van der Waals surface area (Å²) in [6.45, 7) is 0.898. The Morgan fingerprint density at radius 1 is 1.35 bits per heavy atom. The number of rotatable bonds is 4. The second kappa shape index (κ2) is 4.47. The van der Waals surface area contributed by atoms with Crippen molar-refractivity contribution in [2.75, 3.05) is 6.54 Å². The number of carboxylic acids is 1. The molecule has 1 atom stereocenters. The Labute approximate surface area is 101 Å². The van der Waals surface area contributed by atoms with Gasteiger partial charge in [-0.3, -0.25) is 4.79 Å². The van der Waals surface area contributed by atoms with E-state index < -0.39 is 5.97 Å². The molecule has 0 saturated carbocycles. The summed E-state index contributed by atoms with van der Waals surface area (Å²) >= 11 is 0. The van der Waals surface area contributed by atoms with Gasteiger partial charge in [0, 0.05) is 12.0 Å². The van der Waals surface area contributed by atoms with Gasteiger partial charge in [0.1, 0.15) is 0 Å². The Kier molecular flexibility index (Phi) is 3.17. The van der Waals surface area contributed by atoms with Gasteiger partial charge in [0.05, 0.1) is 6.42 Å². The number of carbonyl (C=O) groups is 1. The highest BCUT2D eigenvalue weighted by Crippen LogP contribution is 2.40. The van der Waals surface area contributed by atoms with Crippen molar-refractivity contribution in [3.05, 3.63) is 34.9 Å². The monoisotopic (exact) mass is 234 g/mol. The SMILES string of the molecule is NCc1cccc2c1CC(CN)(CC(=O)O)C2. The maximum atomic E-state index is 10.9. The van der Waals surface area contributed by atoms with Crippen molar-refractivity contribution in [2.24, 2.45) is 16.9 Å². The van der Waals surface area contributed by atoms with Crippen LogP contribution in [0.1, 0.15) is 23.1 Å². The van der Waals surface area contributed by atoms with Crippen LogP contribution < -0.4 is 11.5 Å². The minimum absolute atomic E-state index is 0.127. The molecule has 0 spiro atoms. The average molecular weight is 234 g/mol. The summed E-state index contributed by atoms with van der Waals surface area (Å²) in [5.74, 6) is -0.780. The summed E-state index contributed by atoms with van der Waals surface area (Å²) in [6.07, 6.45) is 1.61. The van der Waals surface area contributed by atoms with Crippen LogP contribution in [-0.2, 0) is 24.2 Å². The first-order valence-corrected chi connectivity index (χ1v) is 5.82. The third kappa shape index (κ3) is 2.18. The van der Waals surface area contributed by atoms with E-state index in [2.05, 4.69) is 0 Å².